The van der Waals surface area contributed by atoms with Crippen molar-refractivity contribution in [3.8, 4) is 0 Å². The monoisotopic (exact) mass is 231 g/mol. The summed E-state index contributed by atoms with van der Waals surface area (Å²) in [5, 5.41) is 1.32. The van der Waals surface area contributed by atoms with Crippen molar-refractivity contribution in [2.24, 2.45) is 5.73 Å². The van der Waals surface area contributed by atoms with Crippen LogP contribution in [-0.4, -0.2) is 19.8 Å². The van der Waals surface area contributed by atoms with Crippen LogP contribution in [0.25, 0.3) is 0 Å². The van der Waals surface area contributed by atoms with Crippen LogP contribution < -0.4 is 5.73 Å². The van der Waals surface area contributed by atoms with Gasteiger partial charge in [-0.1, -0.05) is 29.3 Å². The van der Waals surface area contributed by atoms with Crippen LogP contribution in [0.15, 0.2) is 18.2 Å². The Balaban J connectivity index is 2.40. The highest BCUT2D eigenvalue weighted by Crippen LogP contribution is 2.36. The van der Waals surface area contributed by atoms with Crippen LogP contribution in [0.5, 0.6) is 0 Å². The van der Waals surface area contributed by atoms with Crippen molar-refractivity contribution in [1.82, 2.24) is 0 Å². The Morgan fingerprint density at radius 1 is 1.36 bits per heavy atom. The first-order chi connectivity index (χ1) is 6.68. The molecule has 1 aliphatic rings. The Morgan fingerprint density at radius 2 is 2.07 bits per heavy atom. The van der Waals surface area contributed by atoms with Gasteiger partial charge in [-0.05, 0) is 17.7 Å². The summed E-state index contributed by atoms with van der Waals surface area (Å²) >= 11 is 11.9. The number of nitrogens with two attached hydrogens (primary N) is 1. The topological polar surface area (TPSA) is 35.2 Å². The summed E-state index contributed by atoms with van der Waals surface area (Å²) < 4.78 is 5.20. The second kappa shape index (κ2) is 3.70. The molecule has 0 radical (unpaired) electrons. The Bertz CT molecular complexity index is 344. The lowest BCUT2D eigenvalue weighted by Gasteiger charge is -2.41. The molecular weight excluding hydrogens is 221 g/mol. The standard InChI is InChI=1S/C10H11Cl2NO/c11-7-1-2-8(9(12)3-7)10(4-13)5-14-6-10/h1-3H,4-6,13H2. The molecule has 2 N–H and O–H groups in total. The van der Waals surface area contributed by atoms with Crippen molar-refractivity contribution in [2.45, 2.75) is 5.41 Å². The molecule has 1 fully saturated rings. The molecule has 0 bridgehead atoms. The molecule has 4 heteroatoms. The third-order valence-electron chi connectivity index (χ3n) is 2.65. The van der Waals surface area contributed by atoms with Gasteiger partial charge in [0.2, 0.25) is 0 Å². The van der Waals surface area contributed by atoms with Crippen LogP contribution in [0, 0.1) is 0 Å². The minimum absolute atomic E-state index is 0.0956. The molecule has 0 aliphatic carbocycles. The average Bonchev–Trinajstić information content (AvgIpc) is 2.07. The van der Waals surface area contributed by atoms with E-state index in [-0.39, 0.29) is 5.41 Å². The van der Waals surface area contributed by atoms with E-state index in [0.29, 0.717) is 29.8 Å². The number of hydrogen-bond acceptors (Lipinski definition) is 2. The van der Waals surface area contributed by atoms with E-state index < -0.39 is 0 Å². The second-order valence-electron chi connectivity index (χ2n) is 3.60. The lowest BCUT2D eigenvalue weighted by atomic mass is 9.79. The zero-order valence-electron chi connectivity index (χ0n) is 7.59. The number of rotatable bonds is 2. The lowest BCUT2D eigenvalue weighted by molar-refractivity contribution is -0.0549. The second-order valence-corrected chi connectivity index (χ2v) is 4.45. The van der Waals surface area contributed by atoms with Crippen molar-refractivity contribution in [1.29, 1.82) is 0 Å². The Kier molecular flexibility index (Phi) is 2.71. The van der Waals surface area contributed by atoms with Crippen LogP contribution in [0.1, 0.15) is 5.56 Å². The molecule has 14 heavy (non-hydrogen) atoms. The predicted molar refractivity (Wildman–Crippen MR) is 58.0 cm³/mol. The fourth-order valence-corrected chi connectivity index (χ4v) is 2.26. The van der Waals surface area contributed by atoms with Crippen molar-refractivity contribution in [2.75, 3.05) is 19.8 Å². The molecule has 0 saturated carbocycles. The van der Waals surface area contributed by atoms with Crippen LogP contribution >= 0.6 is 23.2 Å². The summed E-state index contributed by atoms with van der Waals surface area (Å²) in [4.78, 5) is 0. The third kappa shape index (κ3) is 1.52. The maximum Gasteiger partial charge on any atom is 0.0598 e. The van der Waals surface area contributed by atoms with Gasteiger partial charge in [0.15, 0.2) is 0 Å². The lowest BCUT2D eigenvalue weighted by Crippen LogP contribution is -2.52. The molecule has 1 heterocycles. The molecule has 1 aromatic rings. The van der Waals surface area contributed by atoms with Crippen molar-refractivity contribution < 1.29 is 4.74 Å². The Labute approximate surface area is 92.9 Å². The molecule has 0 amide bonds. The summed E-state index contributed by atoms with van der Waals surface area (Å²) in [5.41, 5.74) is 6.68. The van der Waals surface area contributed by atoms with E-state index in [1.165, 1.54) is 0 Å². The fourth-order valence-electron chi connectivity index (χ4n) is 1.65. The zero-order valence-corrected chi connectivity index (χ0v) is 9.11. The van der Waals surface area contributed by atoms with E-state index in [1.807, 2.05) is 12.1 Å². The largest absolute Gasteiger partial charge is 0.379 e. The molecule has 0 aromatic heterocycles. The molecule has 76 valence electrons. The molecule has 2 nitrogen and oxygen atoms in total. The number of halogens is 2. The summed E-state index contributed by atoms with van der Waals surface area (Å²) in [6, 6.07) is 5.51. The maximum absolute atomic E-state index is 6.11. The van der Waals surface area contributed by atoms with Crippen molar-refractivity contribution >= 4 is 23.2 Å². The number of hydrogen-bond donors (Lipinski definition) is 1. The SMILES string of the molecule is NCC1(c2ccc(Cl)cc2Cl)COC1. The van der Waals surface area contributed by atoms with Gasteiger partial charge in [-0.25, -0.2) is 0 Å². The van der Waals surface area contributed by atoms with E-state index in [4.69, 9.17) is 33.7 Å². The van der Waals surface area contributed by atoms with Crippen molar-refractivity contribution in [3.63, 3.8) is 0 Å². The molecule has 0 unspecified atom stereocenters. The average molecular weight is 232 g/mol. The highest BCUT2D eigenvalue weighted by Gasteiger charge is 2.40. The molecule has 2 rings (SSSR count). The Hall–Kier alpha value is -0.280. The van der Waals surface area contributed by atoms with Gasteiger partial charge >= 0.3 is 0 Å². The fraction of sp³-hybridized carbons (Fsp3) is 0.400. The normalized spacial score (nSPS) is 19.1. The first-order valence-electron chi connectivity index (χ1n) is 4.41. The summed E-state index contributed by atoms with van der Waals surface area (Å²) in [7, 11) is 0. The van der Waals surface area contributed by atoms with Gasteiger partial charge in [-0.3, -0.25) is 0 Å². The van der Waals surface area contributed by atoms with Crippen LogP contribution in [-0.2, 0) is 10.2 Å². The molecule has 0 spiro atoms. The quantitative estimate of drug-likeness (QED) is 0.848. The first-order valence-corrected chi connectivity index (χ1v) is 5.17. The van der Waals surface area contributed by atoms with E-state index in [0.717, 1.165) is 5.56 Å². The zero-order chi connectivity index (χ0) is 10.2. The maximum atomic E-state index is 6.11. The van der Waals surface area contributed by atoms with Gasteiger partial charge in [0.05, 0.1) is 18.6 Å². The molecule has 0 atom stereocenters. The highest BCUT2D eigenvalue weighted by atomic mass is 35.5. The minimum Gasteiger partial charge on any atom is -0.379 e. The van der Waals surface area contributed by atoms with E-state index >= 15 is 0 Å². The van der Waals surface area contributed by atoms with Crippen LogP contribution in [0.4, 0.5) is 0 Å². The van der Waals surface area contributed by atoms with Gasteiger partial charge in [0.1, 0.15) is 0 Å². The number of ether oxygens (including phenoxy) is 1. The third-order valence-corrected chi connectivity index (χ3v) is 3.20. The minimum atomic E-state index is -0.0956. The van der Waals surface area contributed by atoms with Gasteiger partial charge in [-0.2, -0.15) is 0 Å². The summed E-state index contributed by atoms with van der Waals surface area (Å²) in [5.74, 6) is 0. The molecular formula is C10H11Cl2NO. The first kappa shape index (κ1) is 10.2. The smallest absolute Gasteiger partial charge is 0.0598 e. The van der Waals surface area contributed by atoms with E-state index in [1.54, 1.807) is 6.07 Å². The van der Waals surface area contributed by atoms with Gasteiger partial charge in [0.25, 0.3) is 0 Å². The summed E-state index contributed by atoms with van der Waals surface area (Å²) in [6.45, 7) is 1.84. The van der Waals surface area contributed by atoms with Crippen molar-refractivity contribution in [3.05, 3.63) is 33.8 Å². The van der Waals surface area contributed by atoms with Crippen LogP contribution in [0.3, 0.4) is 0 Å². The van der Waals surface area contributed by atoms with Gasteiger partial charge in [-0.15, -0.1) is 0 Å². The highest BCUT2D eigenvalue weighted by molar-refractivity contribution is 6.35. The molecule has 1 aromatic carbocycles. The number of benzene rings is 1. The summed E-state index contributed by atoms with van der Waals surface area (Å²) in [6.07, 6.45) is 0. The molecule has 1 saturated heterocycles. The van der Waals surface area contributed by atoms with Crippen LogP contribution in [0.2, 0.25) is 10.0 Å². The van der Waals surface area contributed by atoms with Gasteiger partial charge < -0.3 is 10.5 Å². The predicted octanol–water partition coefficient (Wildman–Crippen LogP) is 2.22. The van der Waals surface area contributed by atoms with Gasteiger partial charge in [0, 0.05) is 16.6 Å². The molecule has 1 aliphatic heterocycles. The Morgan fingerprint density at radius 3 is 2.50 bits per heavy atom. The van der Waals surface area contributed by atoms with E-state index in [2.05, 4.69) is 0 Å². The van der Waals surface area contributed by atoms with E-state index in [9.17, 15) is 0 Å².